The van der Waals surface area contributed by atoms with Crippen LogP contribution in [0.25, 0.3) is 0 Å². The first-order valence-corrected chi connectivity index (χ1v) is 8.99. The highest BCUT2D eigenvalue weighted by atomic mass is 19.1. The van der Waals surface area contributed by atoms with Gasteiger partial charge in [-0.2, -0.15) is 0 Å². The number of amides is 1. The minimum absolute atomic E-state index is 0.159. The Balaban J connectivity index is 1.60. The molecule has 0 spiro atoms. The van der Waals surface area contributed by atoms with Crippen LogP contribution in [0.2, 0.25) is 0 Å². The van der Waals surface area contributed by atoms with Gasteiger partial charge < -0.3 is 15.3 Å². The first kappa shape index (κ1) is 18.5. The summed E-state index contributed by atoms with van der Waals surface area (Å²) >= 11 is 0. The summed E-state index contributed by atoms with van der Waals surface area (Å²) in [6, 6.07) is 14.4. The van der Waals surface area contributed by atoms with Gasteiger partial charge >= 0.3 is 0 Å². The Hall–Kier alpha value is -2.24. The Morgan fingerprint density at radius 2 is 1.96 bits per heavy atom. The third-order valence-electron chi connectivity index (χ3n) is 4.80. The minimum Gasteiger partial charge on any atom is -0.379 e. The highest BCUT2D eigenvalue weighted by Crippen LogP contribution is 2.24. The van der Waals surface area contributed by atoms with Gasteiger partial charge in [-0.05, 0) is 43.0 Å². The van der Waals surface area contributed by atoms with E-state index in [1.54, 1.807) is 11.0 Å². The summed E-state index contributed by atoms with van der Waals surface area (Å²) in [4.78, 5) is 14.5. The molecule has 5 heteroatoms. The van der Waals surface area contributed by atoms with Gasteiger partial charge in [0.2, 0.25) is 0 Å². The normalized spacial score (nSPS) is 20.4. The van der Waals surface area contributed by atoms with E-state index in [0.29, 0.717) is 26.1 Å². The lowest BCUT2D eigenvalue weighted by Crippen LogP contribution is -2.57. The van der Waals surface area contributed by atoms with Crippen molar-refractivity contribution in [2.45, 2.75) is 38.5 Å². The molecule has 0 saturated carbocycles. The fraction of sp³-hybridized carbons (Fsp3) is 0.381. The molecule has 0 bridgehead atoms. The van der Waals surface area contributed by atoms with Crippen molar-refractivity contribution < 1.29 is 14.3 Å². The molecule has 1 aliphatic heterocycles. The third kappa shape index (κ3) is 4.48. The quantitative estimate of drug-likeness (QED) is 0.837. The minimum atomic E-state index is -1.41. The number of rotatable bonds is 6. The second kappa shape index (κ2) is 7.98. The predicted molar refractivity (Wildman–Crippen MR) is 98.9 cm³/mol. The van der Waals surface area contributed by atoms with E-state index in [9.17, 15) is 14.3 Å². The average molecular weight is 356 g/mol. The van der Waals surface area contributed by atoms with Crippen LogP contribution in [0.5, 0.6) is 0 Å². The second-order valence-electron chi connectivity index (χ2n) is 7.08. The smallest absolute Gasteiger partial charge is 0.256 e. The molecule has 0 unspecified atom stereocenters. The van der Waals surface area contributed by atoms with Gasteiger partial charge in [0.1, 0.15) is 5.82 Å². The SMILES string of the molecule is Cc1cccc(CN2CCC[C@](O)(CNCc3cccc(F)c3)C2=O)c1. The number of halogens is 1. The molecule has 2 N–H and O–H groups in total. The summed E-state index contributed by atoms with van der Waals surface area (Å²) < 4.78 is 13.2. The van der Waals surface area contributed by atoms with E-state index >= 15 is 0 Å². The number of hydrogen-bond acceptors (Lipinski definition) is 3. The lowest BCUT2D eigenvalue weighted by molar-refractivity contribution is -0.157. The monoisotopic (exact) mass is 356 g/mol. The second-order valence-corrected chi connectivity index (χ2v) is 7.08. The van der Waals surface area contributed by atoms with E-state index in [-0.39, 0.29) is 18.3 Å². The van der Waals surface area contributed by atoms with Gasteiger partial charge in [0, 0.05) is 26.2 Å². The zero-order chi connectivity index (χ0) is 18.6. The molecule has 1 heterocycles. The van der Waals surface area contributed by atoms with Crippen molar-refractivity contribution in [2.75, 3.05) is 13.1 Å². The number of carbonyl (C=O) groups excluding carboxylic acids is 1. The molecular formula is C21H25FN2O2. The third-order valence-corrected chi connectivity index (χ3v) is 4.80. The fourth-order valence-corrected chi connectivity index (χ4v) is 3.47. The van der Waals surface area contributed by atoms with Crippen molar-refractivity contribution >= 4 is 5.91 Å². The molecule has 4 nitrogen and oxygen atoms in total. The van der Waals surface area contributed by atoms with Crippen LogP contribution in [0.4, 0.5) is 4.39 Å². The zero-order valence-electron chi connectivity index (χ0n) is 15.0. The van der Waals surface area contributed by atoms with Crippen LogP contribution in [0.1, 0.15) is 29.5 Å². The molecule has 26 heavy (non-hydrogen) atoms. The highest BCUT2D eigenvalue weighted by Gasteiger charge is 2.41. The molecule has 1 atom stereocenters. The number of aliphatic hydroxyl groups is 1. The van der Waals surface area contributed by atoms with Gasteiger partial charge in [-0.3, -0.25) is 4.79 Å². The topological polar surface area (TPSA) is 52.6 Å². The summed E-state index contributed by atoms with van der Waals surface area (Å²) in [6.45, 7) is 3.75. The number of likely N-dealkylation sites (tertiary alicyclic amines) is 1. The lowest BCUT2D eigenvalue weighted by atomic mass is 9.91. The molecule has 0 aromatic heterocycles. The highest BCUT2D eigenvalue weighted by molar-refractivity contribution is 5.86. The van der Waals surface area contributed by atoms with Crippen LogP contribution in [-0.4, -0.2) is 34.6 Å². The number of benzene rings is 2. The zero-order valence-corrected chi connectivity index (χ0v) is 15.0. The van der Waals surface area contributed by atoms with Crippen LogP contribution in [0, 0.1) is 12.7 Å². The van der Waals surface area contributed by atoms with Crippen molar-refractivity contribution in [1.82, 2.24) is 10.2 Å². The molecule has 0 aliphatic carbocycles. The summed E-state index contributed by atoms with van der Waals surface area (Å²) in [6.07, 6.45) is 1.20. The number of hydrogen-bond donors (Lipinski definition) is 2. The van der Waals surface area contributed by atoms with E-state index in [1.807, 2.05) is 31.2 Å². The standard InChI is InChI=1S/C21H25FN2O2/c1-16-5-2-7-18(11-16)14-24-10-4-9-21(26,20(24)25)15-23-13-17-6-3-8-19(22)12-17/h2-3,5-8,11-12,23,26H,4,9-10,13-15H2,1H3/t21-/m0/s1. The number of aryl methyl sites for hydroxylation is 1. The van der Waals surface area contributed by atoms with Gasteiger partial charge in [0.25, 0.3) is 5.91 Å². The van der Waals surface area contributed by atoms with Gasteiger partial charge in [0.15, 0.2) is 5.60 Å². The number of nitrogens with zero attached hydrogens (tertiary/aromatic N) is 1. The Morgan fingerprint density at radius 3 is 2.73 bits per heavy atom. The van der Waals surface area contributed by atoms with Gasteiger partial charge in [0.05, 0.1) is 0 Å². The molecule has 3 rings (SSSR count). The molecule has 2 aromatic carbocycles. The predicted octanol–water partition coefficient (Wildman–Crippen LogP) is 2.78. The first-order chi connectivity index (χ1) is 12.5. The van der Waals surface area contributed by atoms with Crippen molar-refractivity contribution in [3.63, 3.8) is 0 Å². The summed E-state index contributed by atoms with van der Waals surface area (Å²) in [5.41, 5.74) is 1.60. The molecular weight excluding hydrogens is 331 g/mol. The van der Waals surface area contributed by atoms with Crippen LogP contribution < -0.4 is 5.32 Å². The van der Waals surface area contributed by atoms with Crippen LogP contribution in [0.3, 0.4) is 0 Å². The Bertz CT molecular complexity index is 780. The van der Waals surface area contributed by atoms with Crippen molar-refractivity contribution in [1.29, 1.82) is 0 Å². The molecule has 1 amide bonds. The van der Waals surface area contributed by atoms with Crippen molar-refractivity contribution in [3.05, 3.63) is 71.0 Å². The van der Waals surface area contributed by atoms with E-state index in [0.717, 1.165) is 23.1 Å². The average Bonchev–Trinajstić information content (AvgIpc) is 2.59. The summed E-state index contributed by atoms with van der Waals surface area (Å²) in [5.74, 6) is -0.530. The summed E-state index contributed by atoms with van der Waals surface area (Å²) in [7, 11) is 0. The first-order valence-electron chi connectivity index (χ1n) is 8.99. The molecule has 0 radical (unpaired) electrons. The van der Waals surface area contributed by atoms with Crippen LogP contribution in [0.15, 0.2) is 48.5 Å². The fourth-order valence-electron chi connectivity index (χ4n) is 3.47. The molecule has 1 fully saturated rings. The van der Waals surface area contributed by atoms with E-state index < -0.39 is 5.60 Å². The van der Waals surface area contributed by atoms with Gasteiger partial charge in [-0.15, -0.1) is 0 Å². The molecule has 1 saturated heterocycles. The number of piperidine rings is 1. The maximum Gasteiger partial charge on any atom is 0.256 e. The Kier molecular flexibility index (Phi) is 5.69. The van der Waals surface area contributed by atoms with E-state index in [1.165, 1.54) is 12.1 Å². The molecule has 1 aliphatic rings. The van der Waals surface area contributed by atoms with Crippen LogP contribution in [-0.2, 0) is 17.9 Å². The maximum absolute atomic E-state index is 13.2. The maximum atomic E-state index is 13.2. The molecule has 2 aromatic rings. The number of nitrogens with one attached hydrogen (secondary N) is 1. The number of carbonyl (C=O) groups is 1. The largest absolute Gasteiger partial charge is 0.379 e. The van der Waals surface area contributed by atoms with E-state index in [2.05, 4.69) is 11.4 Å². The van der Waals surface area contributed by atoms with Crippen LogP contribution >= 0.6 is 0 Å². The van der Waals surface area contributed by atoms with Gasteiger partial charge in [-0.1, -0.05) is 42.0 Å². The Morgan fingerprint density at radius 1 is 1.19 bits per heavy atom. The lowest BCUT2D eigenvalue weighted by Gasteiger charge is -2.38. The molecule has 138 valence electrons. The van der Waals surface area contributed by atoms with Gasteiger partial charge in [-0.25, -0.2) is 4.39 Å². The van der Waals surface area contributed by atoms with Crippen molar-refractivity contribution in [3.8, 4) is 0 Å². The van der Waals surface area contributed by atoms with E-state index in [4.69, 9.17) is 0 Å². The summed E-state index contributed by atoms with van der Waals surface area (Å²) in [5, 5.41) is 13.9. The Labute approximate surface area is 153 Å². The van der Waals surface area contributed by atoms with Crippen molar-refractivity contribution in [2.24, 2.45) is 0 Å².